The Hall–Kier alpha value is -0.880. The van der Waals surface area contributed by atoms with Crippen molar-refractivity contribution < 1.29 is 14.7 Å². The molecule has 0 unspecified atom stereocenters. The monoisotopic (exact) mass is 305 g/mol. The number of carbonyl (C=O) groups is 2. The van der Waals surface area contributed by atoms with E-state index in [1.54, 1.807) is 11.3 Å². The summed E-state index contributed by atoms with van der Waals surface area (Å²) in [4.78, 5) is 22.6. The lowest BCUT2D eigenvalue weighted by Gasteiger charge is -2.02. The van der Waals surface area contributed by atoms with Crippen LogP contribution in [0.1, 0.15) is 24.1 Å². The number of amides is 1. The van der Waals surface area contributed by atoms with Crippen molar-refractivity contribution in [3.8, 4) is 0 Å². The fraction of sp³-hybridized carbons (Fsp3) is 0.400. The second-order valence-corrected chi connectivity index (χ2v) is 5.17. The molecule has 0 atom stereocenters. The Balaban J connectivity index is 2.17. The fourth-order valence-corrected chi connectivity index (χ4v) is 2.51. The Morgan fingerprint density at radius 3 is 2.75 bits per heavy atom. The van der Waals surface area contributed by atoms with E-state index in [4.69, 9.17) is 5.11 Å². The Bertz CT molecular complexity index is 378. The molecule has 2 N–H and O–H groups in total. The summed E-state index contributed by atoms with van der Waals surface area (Å²) >= 11 is 4.89. The van der Waals surface area contributed by atoms with Crippen LogP contribution in [-0.2, 0) is 16.1 Å². The van der Waals surface area contributed by atoms with Crippen LogP contribution < -0.4 is 5.32 Å². The average Bonchev–Trinajstić information content (AvgIpc) is 2.61. The molecule has 1 amide bonds. The van der Waals surface area contributed by atoms with Gasteiger partial charge in [-0.15, -0.1) is 11.3 Å². The number of thiophene rings is 1. The third-order valence-electron chi connectivity index (χ3n) is 1.88. The number of rotatable bonds is 6. The molecule has 0 saturated carbocycles. The topological polar surface area (TPSA) is 66.4 Å². The average molecular weight is 306 g/mol. The van der Waals surface area contributed by atoms with Gasteiger partial charge in [-0.3, -0.25) is 9.59 Å². The van der Waals surface area contributed by atoms with Crippen molar-refractivity contribution in [1.82, 2.24) is 5.32 Å². The molecule has 0 aliphatic rings. The molecule has 0 radical (unpaired) electrons. The number of hydrogen-bond acceptors (Lipinski definition) is 3. The molecule has 0 aliphatic carbocycles. The van der Waals surface area contributed by atoms with Crippen molar-refractivity contribution in [2.75, 3.05) is 0 Å². The van der Waals surface area contributed by atoms with E-state index in [0.717, 1.165) is 9.35 Å². The lowest BCUT2D eigenvalue weighted by Crippen LogP contribution is -2.22. The van der Waals surface area contributed by atoms with Crippen LogP contribution >= 0.6 is 27.3 Å². The first-order valence-electron chi connectivity index (χ1n) is 4.79. The highest BCUT2D eigenvalue weighted by molar-refractivity contribution is 9.10. The highest BCUT2D eigenvalue weighted by Crippen LogP contribution is 2.19. The van der Waals surface area contributed by atoms with Gasteiger partial charge in [-0.2, -0.15) is 0 Å². The van der Waals surface area contributed by atoms with Gasteiger partial charge in [-0.1, -0.05) is 0 Å². The molecule has 1 heterocycles. The van der Waals surface area contributed by atoms with Crippen LogP contribution in [0.3, 0.4) is 0 Å². The third-order valence-corrected chi connectivity index (χ3v) is 3.57. The Morgan fingerprint density at radius 1 is 1.44 bits per heavy atom. The summed E-state index contributed by atoms with van der Waals surface area (Å²) < 4.78 is 1.01. The van der Waals surface area contributed by atoms with Gasteiger partial charge < -0.3 is 10.4 Å². The maximum absolute atomic E-state index is 11.3. The van der Waals surface area contributed by atoms with Crippen molar-refractivity contribution in [2.45, 2.75) is 25.8 Å². The molecule has 0 aromatic carbocycles. The van der Waals surface area contributed by atoms with Gasteiger partial charge in [0.05, 0.1) is 6.54 Å². The standard InChI is InChI=1S/C10H12BrNO3S/c11-7-4-8(16-6-7)5-12-9(13)2-1-3-10(14)15/h4,6H,1-3,5H2,(H,12,13)(H,14,15). The number of carboxylic acids is 1. The van der Waals surface area contributed by atoms with E-state index in [-0.39, 0.29) is 18.7 Å². The summed E-state index contributed by atoms with van der Waals surface area (Å²) in [5.74, 6) is -0.972. The number of carbonyl (C=O) groups excluding carboxylic acids is 1. The summed E-state index contributed by atoms with van der Waals surface area (Å²) in [6.45, 7) is 0.502. The van der Waals surface area contributed by atoms with Crippen molar-refractivity contribution >= 4 is 39.1 Å². The Morgan fingerprint density at radius 2 is 2.19 bits per heavy atom. The van der Waals surface area contributed by atoms with E-state index in [9.17, 15) is 9.59 Å². The van der Waals surface area contributed by atoms with E-state index in [1.807, 2.05) is 11.4 Å². The smallest absolute Gasteiger partial charge is 0.303 e. The highest BCUT2D eigenvalue weighted by atomic mass is 79.9. The maximum atomic E-state index is 11.3. The van der Waals surface area contributed by atoms with E-state index in [2.05, 4.69) is 21.2 Å². The number of halogens is 1. The van der Waals surface area contributed by atoms with Crippen LogP contribution in [0.25, 0.3) is 0 Å². The molecule has 6 heteroatoms. The molecule has 16 heavy (non-hydrogen) atoms. The highest BCUT2D eigenvalue weighted by Gasteiger charge is 2.04. The molecule has 0 aliphatic heterocycles. The summed E-state index contributed by atoms with van der Waals surface area (Å²) in [7, 11) is 0. The van der Waals surface area contributed by atoms with Gasteiger partial charge in [-0.25, -0.2) is 0 Å². The molecular formula is C10H12BrNO3S. The predicted octanol–water partition coefficient (Wildman–Crippen LogP) is 2.38. The summed E-state index contributed by atoms with van der Waals surface area (Å²) in [6, 6.07) is 1.95. The number of hydrogen-bond donors (Lipinski definition) is 2. The zero-order chi connectivity index (χ0) is 12.0. The van der Waals surface area contributed by atoms with Crippen molar-refractivity contribution in [3.63, 3.8) is 0 Å². The Kier molecular flexibility index (Phi) is 5.48. The molecule has 88 valence electrons. The molecule has 1 rings (SSSR count). The molecule has 1 aromatic rings. The lowest BCUT2D eigenvalue weighted by atomic mass is 10.2. The zero-order valence-corrected chi connectivity index (χ0v) is 10.9. The molecule has 0 fully saturated rings. The van der Waals surface area contributed by atoms with E-state index in [0.29, 0.717) is 13.0 Å². The normalized spacial score (nSPS) is 10.1. The summed E-state index contributed by atoms with van der Waals surface area (Å²) in [5, 5.41) is 13.1. The van der Waals surface area contributed by atoms with Crippen LogP contribution in [0, 0.1) is 0 Å². The van der Waals surface area contributed by atoms with Gasteiger partial charge in [0.25, 0.3) is 0 Å². The van der Waals surface area contributed by atoms with Gasteiger partial charge in [0.2, 0.25) is 5.91 Å². The summed E-state index contributed by atoms with van der Waals surface area (Å²) in [6.07, 6.45) is 0.687. The molecule has 0 bridgehead atoms. The van der Waals surface area contributed by atoms with Crippen LogP contribution in [0.15, 0.2) is 15.9 Å². The first-order chi connectivity index (χ1) is 7.58. The molecular weight excluding hydrogens is 294 g/mol. The predicted molar refractivity (Wildman–Crippen MR) is 65.4 cm³/mol. The van der Waals surface area contributed by atoms with Crippen molar-refractivity contribution in [1.29, 1.82) is 0 Å². The molecule has 1 aromatic heterocycles. The summed E-state index contributed by atoms with van der Waals surface area (Å²) in [5.41, 5.74) is 0. The van der Waals surface area contributed by atoms with E-state index < -0.39 is 5.97 Å². The van der Waals surface area contributed by atoms with Gasteiger partial charge in [0.1, 0.15) is 0 Å². The van der Waals surface area contributed by atoms with Crippen LogP contribution in [0.2, 0.25) is 0 Å². The van der Waals surface area contributed by atoms with E-state index >= 15 is 0 Å². The first kappa shape index (κ1) is 13.2. The maximum Gasteiger partial charge on any atom is 0.303 e. The third kappa shape index (κ3) is 5.27. The second-order valence-electron chi connectivity index (χ2n) is 3.26. The van der Waals surface area contributed by atoms with Gasteiger partial charge in [-0.05, 0) is 28.4 Å². The molecule has 4 nitrogen and oxygen atoms in total. The van der Waals surface area contributed by atoms with Gasteiger partial charge >= 0.3 is 5.97 Å². The molecule has 0 saturated heterocycles. The zero-order valence-electron chi connectivity index (χ0n) is 8.53. The number of carboxylic acid groups (broad SMARTS) is 1. The minimum absolute atomic E-state index is 0.0397. The fourth-order valence-electron chi connectivity index (χ4n) is 1.12. The van der Waals surface area contributed by atoms with E-state index in [1.165, 1.54) is 0 Å². The van der Waals surface area contributed by atoms with Gasteiger partial charge in [0.15, 0.2) is 0 Å². The largest absolute Gasteiger partial charge is 0.481 e. The quantitative estimate of drug-likeness (QED) is 0.848. The van der Waals surface area contributed by atoms with Crippen molar-refractivity contribution in [2.24, 2.45) is 0 Å². The van der Waals surface area contributed by atoms with Crippen LogP contribution in [-0.4, -0.2) is 17.0 Å². The SMILES string of the molecule is O=C(O)CCCC(=O)NCc1cc(Br)cs1. The van der Waals surface area contributed by atoms with Gasteiger partial charge in [0, 0.05) is 27.6 Å². The Labute approximate surface area is 106 Å². The van der Waals surface area contributed by atoms with Crippen LogP contribution in [0.4, 0.5) is 0 Å². The van der Waals surface area contributed by atoms with Crippen molar-refractivity contribution in [3.05, 3.63) is 20.8 Å². The first-order valence-corrected chi connectivity index (χ1v) is 6.46. The minimum atomic E-state index is -0.866. The van der Waals surface area contributed by atoms with Crippen LogP contribution in [0.5, 0.6) is 0 Å². The molecule has 0 spiro atoms. The second kappa shape index (κ2) is 6.65. The lowest BCUT2D eigenvalue weighted by molar-refractivity contribution is -0.137. The number of nitrogens with one attached hydrogen (secondary N) is 1. The minimum Gasteiger partial charge on any atom is -0.481 e. The number of aliphatic carboxylic acids is 1.